The molecule has 0 bridgehead atoms. The third-order valence-electron chi connectivity index (χ3n) is 2.05. The Kier molecular flexibility index (Phi) is 4.32. The van der Waals surface area contributed by atoms with Crippen LogP contribution in [0.3, 0.4) is 0 Å². The van der Waals surface area contributed by atoms with Crippen molar-refractivity contribution in [1.29, 1.82) is 5.26 Å². The van der Waals surface area contributed by atoms with Crippen molar-refractivity contribution in [2.75, 3.05) is 4.72 Å². The first-order chi connectivity index (χ1) is 8.26. The molecule has 1 atom stereocenters. The van der Waals surface area contributed by atoms with Crippen LogP contribution in [0.5, 0.6) is 0 Å². The van der Waals surface area contributed by atoms with Gasteiger partial charge in [0.05, 0.1) is 17.3 Å². The number of sulfonamides is 1. The molecule has 8 heteroatoms. The van der Waals surface area contributed by atoms with Crippen LogP contribution in [-0.2, 0) is 10.0 Å². The highest BCUT2D eigenvalue weighted by Crippen LogP contribution is 2.21. The van der Waals surface area contributed by atoms with Crippen LogP contribution in [0, 0.1) is 11.3 Å². The van der Waals surface area contributed by atoms with Crippen LogP contribution in [0.4, 0.5) is 5.69 Å². The van der Waals surface area contributed by atoms with Crippen LogP contribution >= 0.6 is 15.9 Å². The topological polar surface area (TPSA) is 107 Å². The Morgan fingerprint density at radius 1 is 1.50 bits per heavy atom. The average Bonchev–Trinajstić information content (AvgIpc) is 2.26. The Bertz CT molecular complexity index is 621. The summed E-state index contributed by atoms with van der Waals surface area (Å²) >= 11 is 3.08. The summed E-state index contributed by atoms with van der Waals surface area (Å²) in [4.78, 5) is 10.8. The summed E-state index contributed by atoms with van der Waals surface area (Å²) in [6, 6.07) is 5.53. The van der Waals surface area contributed by atoms with E-state index in [1.165, 1.54) is 25.1 Å². The summed E-state index contributed by atoms with van der Waals surface area (Å²) in [7, 11) is -3.85. The van der Waals surface area contributed by atoms with Crippen molar-refractivity contribution < 1.29 is 18.3 Å². The highest BCUT2D eigenvalue weighted by Gasteiger charge is 2.20. The molecule has 0 aliphatic carbocycles. The first-order valence-electron chi connectivity index (χ1n) is 4.71. The first-order valence-corrected chi connectivity index (χ1v) is 7.05. The number of carboxylic acid groups (broad SMARTS) is 1. The number of nitrogens with one attached hydrogen (secondary N) is 1. The van der Waals surface area contributed by atoms with Crippen molar-refractivity contribution in [3.8, 4) is 6.07 Å². The van der Waals surface area contributed by atoms with Gasteiger partial charge in [-0.1, -0.05) is 15.9 Å². The van der Waals surface area contributed by atoms with Gasteiger partial charge in [0.15, 0.2) is 5.25 Å². The van der Waals surface area contributed by atoms with Gasteiger partial charge in [-0.2, -0.15) is 5.26 Å². The van der Waals surface area contributed by atoms with E-state index < -0.39 is 21.2 Å². The molecular formula is C10H9BrN2O4S. The molecule has 0 saturated carbocycles. The molecule has 0 aliphatic rings. The molecule has 0 aromatic heterocycles. The van der Waals surface area contributed by atoms with E-state index in [4.69, 9.17) is 10.4 Å². The van der Waals surface area contributed by atoms with Gasteiger partial charge in [-0.25, -0.2) is 13.2 Å². The van der Waals surface area contributed by atoms with Gasteiger partial charge in [0.2, 0.25) is 10.0 Å². The predicted octanol–water partition coefficient (Wildman–Crippen LogP) is 1.80. The molecule has 1 rings (SSSR count). The van der Waals surface area contributed by atoms with Crippen LogP contribution in [0.15, 0.2) is 22.7 Å². The normalized spacial score (nSPS) is 12.5. The summed E-state index contributed by atoms with van der Waals surface area (Å²) in [5.41, 5.74) is 0.0237. The minimum absolute atomic E-state index is 0.0633. The number of rotatable bonds is 4. The lowest BCUT2D eigenvalue weighted by atomic mass is 10.2. The Hall–Kier alpha value is -1.59. The third-order valence-corrected chi connectivity index (χ3v) is 4.07. The number of nitriles is 1. The second kappa shape index (κ2) is 5.37. The second-order valence-electron chi connectivity index (χ2n) is 3.45. The lowest BCUT2D eigenvalue weighted by Crippen LogP contribution is -2.23. The van der Waals surface area contributed by atoms with E-state index in [1.807, 2.05) is 0 Å². The molecule has 0 amide bonds. The summed E-state index contributed by atoms with van der Waals surface area (Å²) in [5.74, 6) is -1.18. The molecule has 0 aliphatic heterocycles. The number of aromatic carboxylic acids is 1. The van der Waals surface area contributed by atoms with E-state index in [-0.39, 0.29) is 11.3 Å². The van der Waals surface area contributed by atoms with Gasteiger partial charge in [0, 0.05) is 4.47 Å². The highest BCUT2D eigenvalue weighted by molar-refractivity contribution is 9.10. The molecule has 0 heterocycles. The Morgan fingerprint density at radius 2 is 2.11 bits per heavy atom. The average molecular weight is 333 g/mol. The molecule has 2 N–H and O–H groups in total. The van der Waals surface area contributed by atoms with Crippen LogP contribution in [0.25, 0.3) is 0 Å². The zero-order valence-corrected chi connectivity index (χ0v) is 11.6. The molecule has 0 fully saturated rings. The summed E-state index contributed by atoms with van der Waals surface area (Å²) in [6.07, 6.45) is 0. The number of carboxylic acids is 1. The minimum atomic E-state index is -3.85. The summed E-state index contributed by atoms with van der Waals surface area (Å²) in [5, 5.41) is 16.2. The maximum absolute atomic E-state index is 11.6. The van der Waals surface area contributed by atoms with Crippen molar-refractivity contribution >= 4 is 37.6 Å². The molecular weight excluding hydrogens is 324 g/mol. The molecule has 0 saturated heterocycles. The van der Waals surface area contributed by atoms with E-state index >= 15 is 0 Å². The fraction of sp³-hybridized carbons (Fsp3) is 0.200. The van der Waals surface area contributed by atoms with Gasteiger partial charge in [-0.05, 0) is 25.1 Å². The van der Waals surface area contributed by atoms with Gasteiger partial charge in [-0.3, -0.25) is 4.72 Å². The lowest BCUT2D eigenvalue weighted by Gasteiger charge is -2.10. The fourth-order valence-electron chi connectivity index (χ4n) is 1.09. The first kappa shape index (κ1) is 14.5. The van der Waals surface area contributed by atoms with E-state index in [9.17, 15) is 13.2 Å². The third kappa shape index (κ3) is 3.45. The molecule has 18 heavy (non-hydrogen) atoms. The molecule has 0 radical (unpaired) electrons. The van der Waals surface area contributed by atoms with E-state index in [1.54, 1.807) is 6.07 Å². The Balaban J connectivity index is 3.14. The van der Waals surface area contributed by atoms with E-state index in [2.05, 4.69) is 20.7 Å². The fourth-order valence-corrected chi connectivity index (χ4v) is 2.35. The monoisotopic (exact) mass is 332 g/mol. The van der Waals surface area contributed by atoms with E-state index in [0.29, 0.717) is 4.47 Å². The number of anilines is 1. The Morgan fingerprint density at radius 3 is 2.61 bits per heavy atom. The number of hydrogen-bond acceptors (Lipinski definition) is 4. The van der Waals surface area contributed by atoms with Gasteiger partial charge in [0.25, 0.3) is 0 Å². The number of halogens is 1. The number of nitrogens with zero attached hydrogens (tertiary/aromatic N) is 1. The van der Waals surface area contributed by atoms with Gasteiger partial charge in [0.1, 0.15) is 0 Å². The lowest BCUT2D eigenvalue weighted by molar-refractivity contribution is 0.0697. The van der Waals surface area contributed by atoms with Gasteiger partial charge in [-0.15, -0.1) is 0 Å². The maximum Gasteiger partial charge on any atom is 0.335 e. The zero-order valence-electron chi connectivity index (χ0n) is 9.21. The van der Waals surface area contributed by atoms with Crippen molar-refractivity contribution in [1.82, 2.24) is 0 Å². The Labute approximate surface area is 112 Å². The molecule has 1 unspecified atom stereocenters. The van der Waals surface area contributed by atoms with Gasteiger partial charge < -0.3 is 5.11 Å². The minimum Gasteiger partial charge on any atom is -0.478 e. The van der Waals surface area contributed by atoms with Crippen molar-refractivity contribution in [2.24, 2.45) is 0 Å². The predicted molar refractivity (Wildman–Crippen MR) is 68.7 cm³/mol. The molecule has 96 valence electrons. The second-order valence-corrected chi connectivity index (χ2v) is 6.37. The van der Waals surface area contributed by atoms with Crippen LogP contribution in [0.1, 0.15) is 17.3 Å². The molecule has 6 nitrogen and oxygen atoms in total. The smallest absolute Gasteiger partial charge is 0.335 e. The summed E-state index contributed by atoms with van der Waals surface area (Å²) in [6.45, 7) is 1.23. The van der Waals surface area contributed by atoms with Crippen LogP contribution in [0.2, 0.25) is 0 Å². The molecule has 0 spiro atoms. The van der Waals surface area contributed by atoms with Crippen LogP contribution < -0.4 is 4.72 Å². The standard InChI is InChI=1S/C10H9BrN2O4S/c1-6(5-12)18(16,17)13-9-3-7(10(14)15)2-8(11)4-9/h2-4,6,13H,1H3,(H,14,15). The number of hydrogen-bond donors (Lipinski definition) is 2. The largest absolute Gasteiger partial charge is 0.478 e. The molecule has 1 aromatic rings. The van der Waals surface area contributed by atoms with Gasteiger partial charge >= 0.3 is 5.97 Å². The van der Waals surface area contributed by atoms with E-state index in [0.717, 1.165) is 0 Å². The van der Waals surface area contributed by atoms with Crippen LogP contribution in [-0.4, -0.2) is 24.7 Å². The quantitative estimate of drug-likeness (QED) is 0.874. The van der Waals surface area contributed by atoms with Crippen molar-refractivity contribution in [3.63, 3.8) is 0 Å². The highest BCUT2D eigenvalue weighted by atomic mass is 79.9. The maximum atomic E-state index is 11.6. The number of benzene rings is 1. The summed E-state index contributed by atoms with van der Waals surface area (Å²) < 4.78 is 25.8. The van der Waals surface area contributed by atoms with Crippen molar-refractivity contribution in [3.05, 3.63) is 28.2 Å². The number of carbonyl (C=O) groups is 1. The zero-order chi connectivity index (χ0) is 13.9. The SMILES string of the molecule is CC(C#N)S(=O)(=O)Nc1cc(Br)cc(C(=O)O)c1. The van der Waals surface area contributed by atoms with Crippen molar-refractivity contribution in [2.45, 2.75) is 12.2 Å². The molecule has 1 aromatic carbocycles.